The minimum absolute atomic E-state index is 0.0680. The zero-order chi connectivity index (χ0) is 20.8. The predicted molar refractivity (Wildman–Crippen MR) is 121 cm³/mol. The van der Waals surface area contributed by atoms with Crippen molar-refractivity contribution in [3.05, 3.63) is 114 Å². The van der Waals surface area contributed by atoms with E-state index in [4.69, 9.17) is 9.47 Å². The maximum absolute atomic E-state index is 12.5. The molecule has 148 valence electrons. The fourth-order valence-corrected chi connectivity index (χ4v) is 3.34. The molecule has 0 heterocycles. The van der Waals surface area contributed by atoms with Crippen molar-refractivity contribution in [2.45, 2.75) is 6.61 Å². The van der Waals surface area contributed by atoms with E-state index in [1.165, 1.54) is 10.8 Å². The van der Waals surface area contributed by atoms with Gasteiger partial charge >= 0.3 is 0 Å². The van der Waals surface area contributed by atoms with Crippen LogP contribution in [0.3, 0.4) is 0 Å². The fraction of sp³-hybridized carbons (Fsp3) is 0.0741. The molecule has 0 fully saturated rings. The van der Waals surface area contributed by atoms with Gasteiger partial charge in [-0.25, -0.2) is 0 Å². The van der Waals surface area contributed by atoms with E-state index in [0.29, 0.717) is 12.2 Å². The smallest absolute Gasteiger partial charge is 0.185 e. The molecule has 0 aromatic heterocycles. The van der Waals surface area contributed by atoms with E-state index in [0.717, 1.165) is 22.6 Å². The second-order valence-corrected chi connectivity index (χ2v) is 6.89. The molecule has 0 saturated heterocycles. The third-order valence-electron chi connectivity index (χ3n) is 4.97. The molecule has 4 aromatic carbocycles. The summed E-state index contributed by atoms with van der Waals surface area (Å²) in [6.07, 6.45) is 3.37. The van der Waals surface area contributed by atoms with E-state index in [2.05, 4.69) is 24.3 Å². The van der Waals surface area contributed by atoms with Gasteiger partial charge in [-0.3, -0.25) is 4.79 Å². The van der Waals surface area contributed by atoms with Gasteiger partial charge in [0.2, 0.25) is 0 Å². The Morgan fingerprint density at radius 2 is 1.57 bits per heavy atom. The molecule has 0 radical (unpaired) electrons. The summed E-state index contributed by atoms with van der Waals surface area (Å²) in [5.41, 5.74) is 2.60. The van der Waals surface area contributed by atoms with E-state index < -0.39 is 0 Å². The summed E-state index contributed by atoms with van der Waals surface area (Å²) in [5.74, 6) is 1.40. The summed E-state index contributed by atoms with van der Waals surface area (Å²) >= 11 is 0. The van der Waals surface area contributed by atoms with Crippen molar-refractivity contribution < 1.29 is 14.3 Å². The van der Waals surface area contributed by atoms with Gasteiger partial charge in [-0.05, 0) is 58.8 Å². The minimum atomic E-state index is -0.0680. The van der Waals surface area contributed by atoms with Crippen LogP contribution in [0.1, 0.15) is 21.5 Å². The number of hydrogen-bond acceptors (Lipinski definition) is 3. The zero-order valence-corrected chi connectivity index (χ0v) is 16.7. The first-order chi connectivity index (χ1) is 14.7. The van der Waals surface area contributed by atoms with Crippen molar-refractivity contribution in [1.29, 1.82) is 0 Å². The van der Waals surface area contributed by atoms with E-state index in [9.17, 15) is 4.79 Å². The molecule has 0 spiro atoms. The van der Waals surface area contributed by atoms with Crippen LogP contribution < -0.4 is 9.47 Å². The molecule has 3 nitrogen and oxygen atoms in total. The van der Waals surface area contributed by atoms with Gasteiger partial charge in [0.1, 0.15) is 18.1 Å². The molecule has 0 N–H and O–H groups in total. The van der Waals surface area contributed by atoms with Crippen LogP contribution in [-0.2, 0) is 6.61 Å². The van der Waals surface area contributed by atoms with Crippen LogP contribution in [-0.4, -0.2) is 12.9 Å². The number of ether oxygens (including phenoxy) is 2. The first-order valence-electron chi connectivity index (χ1n) is 9.79. The number of methoxy groups -OCH3 is 1. The Bertz CT molecular complexity index is 1180. The lowest BCUT2D eigenvalue weighted by molar-refractivity contribution is 0.104. The Balaban J connectivity index is 1.50. The molecule has 0 aliphatic carbocycles. The summed E-state index contributed by atoms with van der Waals surface area (Å²) in [6, 6.07) is 29.3. The third-order valence-corrected chi connectivity index (χ3v) is 4.97. The van der Waals surface area contributed by atoms with E-state index in [-0.39, 0.29) is 5.78 Å². The lowest BCUT2D eigenvalue weighted by Crippen LogP contribution is -1.98. The first-order valence-corrected chi connectivity index (χ1v) is 9.79. The molecule has 3 heteroatoms. The number of carbonyl (C=O) groups is 1. The summed E-state index contributed by atoms with van der Waals surface area (Å²) in [5, 5.41) is 2.37. The Hall–Kier alpha value is -3.85. The van der Waals surface area contributed by atoms with Crippen molar-refractivity contribution in [1.82, 2.24) is 0 Å². The molecule has 0 atom stereocenters. The van der Waals surface area contributed by atoms with Crippen molar-refractivity contribution in [2.75, 3.05) is 7.11 Å². The number of rotatable bonds is 7. The van der Waals surface area contributed by atoms with Crippen molar-refractivity contribution in [3.8, 4) is 11.5 Å². The molecular formula is C27H22O3. The monoisotopic (exact) mass is 394 g/mol. The Morgan fingerprint density at radius 3 is 2.40 bits per heavy atom. The zero-order valence-electron chi connectivity index (χ0n) is 16.7. The number of hydrogen-bond donors (Lipinski definition) is 0. The normalized spacial score (nSPS) is 11.0. The summed E-state index contributed by atoms with van der Waals surface area (Å²) in [4.78, 5) is 12.5. The van der Waals surface area contributed by atoms with E-state index in [1.54, 1.807) is 43.5 Å². The van der Waals surface area contributed by atoms with Gasteiger partial charge in [0, 0.05) is 11.1 Å². The molecule has 0 aliphatic rings. The van der Waals surface area contributed by atoms with Crippen LogP contribution in [0.15, 0.2) is 97.1 Å². The Morgan fingerprint density at radius 1 is 0.833 bits per heavy atom. The van der Waals surface area contributed by atoms with Gasteiger partial charge in [0.05, 0.1) is 7.11 Å². The largest absolute Gasteiger partial charge is 0.497 e. The molecule has 0 amide bonds. The molecule has 0 unspecified atom stereocenters. The van der Waals surface area contributed by atoms with Gasteiger partial charge in [0.25, 0.3) is 0 Å². The number of ketones is 1. The lowest BCUT2D eigenvalue weighted by atomic mass is 10.1. The van der Waals surface area contributed by atoms with Gasteiger partial charge in [-0.1, -0.05) is 60.7 Å². The maximum atomic E-state index is 12.5. The topological polar surface area (TPSA) is 35.5 Å². The number of carbonyl (C=O) groups excluding carboxylic acids is 1. The lowest BCUT2D eigenvalue weighted by Gasteiger charge is -2.11. The average molecular weight is 394 g/mol. The highest BCUT2D eigenvalue weighted by molar-refractivity contribution is 6.07. The third kappa shape index (κ3) is 4.41. The SMILES string of the molecule is COc1ccc(C(=O)/C=C/c2ccccc2OCc2cccc3ccccc23)cc1. The van der Waals surface area contributed by atoms with Crippen LogP contribution in [0.25, 0.3) is 16.8 Å². The van der Waals surface area contributed by atoms with Crippen LogP contribution in [0.2, 0.25) is 0 Å². The van der Waals surface area contributed by atoms with E-state index >= 15 is 0 Å². The van der Waals surface area contributed by atoms with Crippen LogP contribution in [0.4, 0.5) is 0 Å². The first kappa shape index (κ1) is 19.5. The van der Waals surface area contributed by atoms with Crippen molar-refractivity contribution in [3.63, 3.8) is 0 Å². The average Bonchev–Trinajstić information content (AvgIpc) is 2.81. The number of allylic oxidation sites excluding steroid dienone is 1. The Kier molecular flexibility index (Phi) is 5.90. The molecule has 0 saturated carbocycles. The van der Waals surface area contributed by atoms with Crippen molar-refractivity contribution in [2.24, 2.45) is 0 Å². The van der Waals surface area contributed by atoms with Gasteiger partial charge in [-0.15, -0.1) is 0 Å². The molecule has 0 aliphatic heterocycles. The highest BCUT2D eigenvalue weighted by Crippen LogP contribution is 2.24. The van der Waals surface area contributed by atoms with Crippen LogP contribution >= 0.6 is 0 Å². The molecule has 4 aromatic rings. The quantitative estimate of drug-likeness (QED) is 0.272. The van der Waals surface area contributed by atoms with Crippen LogP contribution in [0, 0.1) is 0 Å². The molecular weight excluding hydrogens is 372 g/mol. The van der Waals surface area contributed by atoms with E-state index in [1.807, 2.05) is 42.5 Å². The maximum Gasteiger partial charge on any atom is 0.185 e. The number of fused-ring (bicyclic) bond motifs is 1. The second kappa shape index (κ2) is 9.10. The predicted octanol–water partition coefficient (Wildman–Crippen LogP) is 6.32. The summed E-state index contributed by atoms with van der Waals surface area (Å²) in [7, 11) is 1.60. The summed E-state index contributed by atoms with van der Waals surface area (Å²) < 4.78 is 11.3. The van der Waals surface area contributed by atoms with Gasteiger partial charge < -0.3 is 9.47 Å². The molecule has 0 bridgehead atoms. The van der Waals surface area contributed by atoms with Gasteiger partial charge in [0.15, 0.2) is 5.78 Å². The number of benzene rings is 4. The summed E-state index contributed by atoms with van der Waals surface area (Å²) in [6.45, 7) is 0.457. The molecule has 4 rings (SSSR count). The minimum Gasteiger partial charge on any atom is -0.497 e. The fourth-order valence-electron chi connectivity index (χ4n) is 3.34. The van der Waals surface area contributed by atoms with Gasteiger partial charge in [-0.2, -0.15) is 0 Å². The Labute approximate surface area is 176 Å². The standard InChI is InChI=1S/C27H22O3/c1-29-24-16-13-21(14-17-24)26(28)18-15-22-8-3-5-12-27(22)30-19-23-10-6-9-20-7-2-4-11-25(20)23/h2-18H,19H2,1H3/b18-15+. The number of para-hydroxylation sites is 1. The van der Waals surface area contributed by atoms with Crippen LogP contribution in [0.5, 0.6) is 11.5 Å². The highest BCUT2D eigenvalue weighted by atomic mass is 16.5. The molecule has 30 heavy (non-hydrogen) atoms. The highest BCUT2D eigenvalue weighted by Gasteiger charge is 2.06. The second-order valence-electron chi connectivity index (χ2n) is 6.89. The van der Waals surface area contributed by atoms with Crippen molar-refractivity contribution >= 4 is 22.6 Å².